The number of hydrogen-bond acceptors (Lipinski definition) is 3. The second-order valence-corrected chi connectivity index (χ2v) is 11.3. The molecule has 0 spiro atoms. The van der Waals surface area contributed by atoms with E-state index in [1.165, 1.54) is 16.2 Å². The third-order valence-corrected chi connectivity index (χ3v) is 8.57. The molecule has 0 radical (unpaired) electrons. The van der Waals surface area contributed by atoms with Crippen molar-refractivity contribution in [1.29, 1.82) is 0 Å². The van der Waals surface area contributed by atoms with E-state index >= 15 is 0 Å². The molecule has 0 saturated carbocycles. The van der Waals surface area contributed by atoms with Crippen LogP contribution in [0.2, 0.25) is 0 Å². The molecule has 0 aliphatic carbocycles. The number of H-pyrrole nitrogens is 1. The molecule has 0 unspecified atom stereocenters. The van der Waals surface area contributed by atoms with Crippen molar-refractivity contribution in [3.05, 3.63) is 164 Å². The van der Waals surface area contributed by atoms with Crippen LogP contribution >= 0.6 is 0 Å². The maximum Gasteiger partial charge on any atom is 0.159 e. The molecule has 4 aromatic heterocycles. The van der Waals surface area contributed by atoms with Gasteiger partial charge in [-0.3, -0.25) is 9.13 Å². The number of benzene rings is 5. The highest BCUT2D eigenvalue weighted by atomic mass is 15.2. The first-order valence-electron chi connectivity index (χ1n) is 15.3. The van der Waals surface area contributed by atoms with E-state index in [0.29, 0.717) is 5.82 Å². The Hall–Kier alpha value is -6.40. The lowest BCUT2D eigenvalue weighted by atomic mass is 10.1. The Morgan fingerprint density at radius 3 is 1.89 bits per heavy atom. The van der Waals surface area contributed by atoms with Gasteiger partial charge in [0.15, 0.2) is 5.82 Å². The van der Waals surface area contributed by atoms with Crippen LogP contribution in [0.5, 0.6) is 0 Å². The molecule has 9 aromatic rings. The van der Waals surface area contributed by atoms with Gasteiger partial charge in [0.1, 0.15) is 11.3 Å². The second kappa shape index (κ2) is 10.6. The van der Waals surface area contributed by atoms with Crippen molar-refractivity contribution in [3.8, 4) is 22.8 Å². The first-order valence-corrected chi connectivity index (χ1v) is 15.3. The molecule has 5 aromatic carbocycles. The Morgan fingerprint density at radius 1 is 0.522 bits per heavy atom. The quantitative estimate of drug-likeness (QED) is 0.209. The number of para-hydroxylation sites is 4. The van der Waals surface area contributed by atoms with Crippen LogP contribution in [0.1, 0.15) is 0 Å². The number of fused-ring (bicyclic) bond motifs is 5. The number of aromatic nitrogens is 5. The van der Waals surface area contributed by atoms with Gasteiger partial charge in [0, 0.05) is 63.1 Å². The number of rotatable bonds is 6. The highest BCUT2D eigenvalue weighted by Gasteiger charge is 2.24. The number of nitrogens with zero attached hydrogens (tertiary/aromatic N) is 5. The third-order valence-electron chi connectivity index (χ3n) is 8.57. The van der Waals surface area contributed by atoms with Gasteiger partial charge in [-0.1, -0.05) is 72.8 Å². The van der Waals surface area contributed by atoms with Gasteiger partial charge in [0.05, 0.1) is 11.2 Å². The van der Waals surface area contributed by atoms with E-state index in [9.17, 15) is 0 Å². The maximum atomic E-state index is 4.68. The topological polar surface area (TPSA) is 54.7 Å². The molecule has 9 rings (SSSR count). The summed E-state index contributed by atoms with van der Waals surface area (Å²) in [6.45, 7) is 0. The summed E-state index contributed by atoms with van der Waals surface area (Å²) < 4.78 is 4.72. The first-order chi connectivity index (χ1) is 22.8. The molecule has 0 saturated heterocycles. The van der Waals surface area contributed by atoms with E-state index in [4.69, 9.17) is 0 Å². The molecule has 0 amide bonds. The molecule has 0 fully saturated rings. The summed E-state index contributed by atoms with van der Waals surface area (Å²) in [5.74, 6) is 0.668. The number of aromatic amines is 1. The van der Waals surface area contributed by atoms with Crippen LogP contribution in [0.15, 0.2) is 164 Å². The number of nitrogens with one attached hydrogen (secondary N) is 1. The van der Waals surface area contributed by atoms with Gasteiger partial charge >= 0.3 is 0 Å². The van der Waals surface area contributed by atoms with Crippen LogP contribution in [0, 0.1) is 0 Å². The summed E-state index contributed by atoms with van der Waals surface area (Å²) in [5, 5.41) is 3.59. The molecule has 6 heteroatoms. The van der Waals surface area contributed by atoms with Gasteiger partial charge in [-0.2, -0.15) is 0 Å². The average molecular weight is 593 g/mol. The Labute approximate surface area is 265 Å². The minimum absolute atomic E-state index is 0.668. The van der Waals surface area contributed by atoms with Crippen LogP contribution in [-0.2, 0) is 0 Å². The monoisotopic (exact) mass is 592 g/mol. The minimum atomic E-state index is 0.668. The van der Waals surface area contributed by atoms with Crippen LogP contribution in [0.4, 0.5) is 17.1 Å². The zero-order valence-electron chi connectivity index (χ0n) is 24.8. The molecule has 1 N–H and O–H groups in total. The van der Waals surface area contributed by atoms with Gasteiger partial charge in [-0.05, 0) is 72.8 Å². The van der Waals surface area contributed by atoms with Crippen LogP contribution < -0.4 is 4.90 Å². The molecule has 46 heavy (non-hydrogen) atoms. The van der Waals surface area contributed by atoms with E-state index in [0.717, 1.165) is 50.8 Å². The van der Waals surface area contributed by atoms with E-state index in [1.807, 2.05) is 24.4 Å². The number of anilines is 3. The molecule has 0 aliphatic rings. The molecule has 218 valence electrons. The van der Waals surface area contributed by atoms with Crippen molar-refractivity contribution >= 4 is 50.0 Å². The number of hydrogen-bond donors (Lipinski definition) is 1. The summed E-state index contributed by atoms with van der Waals surface area (Å²) >= 11 is 0. The van der Waals surface area contributed by atoms with E-state index in [2.05, 4.69) is 156 Å². The van der Waals surface area contributed by atoms with Crippen molar-refractivity contribution in [2.24, 2.45) is 0 Å². The fourth-order valence-corrected chi connectivity index (χ4v) is 6.68. The predicted octanol–water partition coefficient (Wildman–Crippen LogP) is 9.98. The normalized spacial score (nSPS) is 11.5. The van der Waals surface area contributed by atoms with Crippen molar-refractivity contribution in [1.82, 2.24) is 24.1 Å². The molecule has 0 aliphatic heterocycles. The van der Waals surface area contributed by atoms with Crippen LogP contribution in [-0.4, -0.2) is 24.1 Å². The maximum absolute atomic E-state index is 4.68. The van der Waals surface area contributed by atoms with Gasteiger partial charge in [-0.25, -0.2) is 9.97 Å². The van der Waals surface area contributed by atoms with Gasteiger partial charge < -0.3 is 9.88 Å². The first kappa shape index (κ1) is 26.0. The third kappa shape index (κ3) is 4.12. The minimum Gasteiger partial charge on any atom is -0.347 e. The molecule has 6 nitrogen and oxygen atoms in total. The zero-order chi connectivity index (χ0) is 30.5. The van der Waals surface area contributed by atoms with Gasteiger partial charge in [0.2, 0.25) is 0 Å². The molecular formula is C40H28N6. The lowest BCUT2D eigenvalue weighted by Crippen LogP contribution is -2.11. The lowest BCUT2D eigenvalue weighted by Gasteiger charge is -2.26. The summed E-state index contributed by atoms with van der Waals surface area (Å²) in [6.07, 6.45) is 5.62. The van der Waals surface area contributed by atoms with E-state index in [1.54, 1.807) is 12.4 Å². The van der Waals surface area contributed by atoms with Crippen LogP contribution in [0.25, 0.3) is 55.7 Å². The standard InChI is InChI=1S/C40H28N6/c1-4-13-29(14-5-1)44(30-15-6-2-7-16-30)32-25-28(38-41-22-12-23-42-38)26-33(27-32)46-39-35(21-24-43-39)37-34-19-10-11-20-36(34)45(40(37)46)31-17-8-3-9-18-31/h1-27,43H. The van der Waals surface area contributed by atoms with Crippen molar-refractivity contribution < 1.29 is 0 Å². The Morgan fingerprint density at radius 2 is 1.17 bits per heavy atom. The van der Waals surface area contributed by atoms with Crippen molar-refractivity contribution in [2.75, 3.05) is 4.90 Å². The highest BCUT2D eigenvalue weighted by Crippen LogP contribution is 2.43. The molecular weight excluding hydrogens is 564 g/mol. The summed E-state index contributed by atoms with van der Waals surface area (Å²) in [6, 6.07) is 50.9. The van der Waals surface area contributed by atoms with Crippen molar-refractivity contribution in [2.45, 2.75) is 0 Å². The summed E-state index contributed by atoms with van der Waals surface area (Å²) in [5.41, 5.74) is 9.44. The Bertz CT molecular complexity index is 2420. The average Bonchev–Trinajstić information content (AvgIpc) is 3.81. The molecule has 4 heterocycles. The zero-order valence-corrected chi connectivity index (χ0v) is 24.8. The second-order valence-electron chi connectivity index (χ2n) is 11.3. The summed E-state index contributed by atoms with van der Waals surface area (Å²) in [7, 11) is 0. The van der Waals surface area contributed by atoms with Crippen LogP contribution in [0.3, 0.4) is 0 Å². The van der Waals surface area contributed by atoms with E-state index < -0.39 is 0 Å². The fourth-order valence-electron chi connectivity index (χ4n) is 6.68. The predicted molar refractivity (Wildman–Crippen MR) is 188 cm³/mol. The lowest BCUT2D eigenvalue weighted by molar-refractivity contribution is 1.05. The van der Waals surface area contributed by atoms with Gasteiger partial charge in [0.25, 0.3) is 0 Å². The largest absolute Gasteiger partial charge is 0.347 e. The SMILES string of the molecule is c1ccc(N(c2ccccc2)c2cc(-c3ncccn3)cc(-n3c4[nH]ccc4c4c5ccccc5n(-c5ccccc5)c43)c2)cc1. The van der Waals surface area contributed by atoms with E-state index in [-0.39, 0.29) is 0 Å². The fraction of sp³-hybridized carbons (Fsp3) is 0. The highest BCUT2D eigenvalue weighted by molar-refractivity contribution is 6.22. The smallest absolute Gasteiger partial charge is 0.159 e. The van der Waals surface area contributed by atoms with Crippen molar-refractivity contribution in [3.63, 3.8) is 0 Å². The Kier molecular flexibility index (Phi) is 6.03. The van der Waals surface area contributed by atoms with Gasteiger partial charge in [-0.15, -0.1) is 0 Å². The Balaban J connectivity index is 1.41. The molecule has 0 atom stereocenters. The molecule has 0 bridgehead atoms. The summed E-state index contributed by atoms with van der Waals surface area (Å²) in [4.78, 5) is 15.2.